The average Bonchev–Trinajstić information content (AvgIpc) is 2.26. The molecule has 3 nitrogen and oxygen atoms in total. The summed E-state index contributed by atoms with van der Waals surface area (Å²) < 4.78 is 7.66. The van der Waals surface area contributed by atoms with Crippen molar-refractivity contribution in [2.75, 3.05) is 32.9 Å². The first-order chi connectivity index (χ1) is 5.83. The first-order valence-corrected chi connectivity index (χ1v) is 5.03. The minimum atomic E-state index is 0.299. The molecule has 2 atom stereocenters. The molecule has 1 fully saturated rings. The topological polar surface area (TPSA) is 32.7 Å². The summed E-state index contributed by atoms with van der Waals surface area (Å²) >= 11 is 0. The fourth-order valence-corrected chi connectivity index (χ4v) is 1.87. The third-order valence-corrected chi connectivity index (χ3v) is 2.61. The van der Waals surface area contributed by atoms with Gasteiger partial charge in [-0.15, -0.1) is 0 Å². The summed E-state index contributed by atoms with van der Waals surface area (Å²) in [6, 6.07) is 0. The van der Waals surface area contributed by atoms with Crippen molar-refractivity contribution >= 4 is 9.39 Å². The van der Waals surface area contributed by atoms with Crippen LogP contribution in [0.4, 0.5) is 0 Å². The third-order valence-electron chi connectivity index (χ3n) is 2.14. The summed E-state index contributed by atoms with van der Waals surface area (Å²) in [4.78, 5) is 0. The van der Waals surface area contributed by atoms with Gasteiger partial charge in [0.1, 0.15) is 0 Å². The molecule has 0 bridgehead atoms. The van der Waals surface area contributed by atoms with Crippen molar-refractivity contribution < 1.29 is 9.84 Å². The van der Waals surface area contributed by atoms with Crippen molar-refractivity contribution in [3.63, 3.8) is 0 Å². The van der Waals surface area contributed by atoms with Crippen molar-refractivity contribution in [2.24, 2.45) is 5.92 Å². The highest BCUT2D eigenvalue weighted by molar-refractivity contribution is 7.13. The van der Waals surface area contributed by atoms with Crippen LogP contribution >= 0.6 is 9.39 Å². The van der Waals surface area contributed by atoms with E-state index >= 15 is 0 Å². The predicted molar refractivity (Wildman–Crippen MR) is 51.9 cm³/mol. The van der Waals surface area contributed by atoms with E-state index in [4.69, 9.17) is 9.84 Å². The van der Waals surface area contributed by atoms with Crippen molar-refractivity contribution in [1.82, 2.24) is 4.67 Å². The molecule has 0 spiro atoms. The number of aliphatic hydroxyl groups excluding tert-OH is 1. The highest BCUT2D eigenvalue weighted by Crippen LogP contribution is 2.14. The van der Waals surface area contributed by atoms with E-state index in [9.17, 15) is 0 Å². The van der Waals surface area contributed by atoms with Crippen LogP contribution in [0.2, 0.25) is 0 Å². The zero-order chi connectivity index (χ0) is 8.81. The van der Waals surface area contributed by atoms with Crippen LogP contribution in [-0.4, -0.2) is 42.7 Å². The number of rotatable bonds is 3. The summed E-state index contributed by atoms with van der Waals surface area (Å²) in [6.07, 6.45) is 1.97. The predicted octanol–water partition coefficient (Wildman–Crippen LogP) is 0.497. The van der Waals surface area contributed by atoms with E-state index in [-0.39, 0.29) is 0 Å². The highest BCUT2D eigenvalue weighted by atomic mass is 31.0. The lowest BCUT2D eigenvalue weighted by molar-refractivity contribution is 0.117. The Morgan fingerprint density at radius 3 is 3.17 bits per heavy atom. The standard InChI is InChI=1S/C8H18NO2P/c10-4-1-2-8-6-9(12)3-5-11-7-8/h8,10H,1-7,12H2. The van der Waals surface area contributed by atoms with Gasteiger partial charge < -0.3 is 9.84 Å². The van der Waals surface area contributed by atoms with Gasteiger partial charge in [0.2, 0.25) is 0 Å². The lowest BCUT2D eigenvalue weighted by Crippen LogP contribution is -2.21. The van der Waals surface area contributed by atoms with Crippen molar-refractivity contribution in [3.05, 3.63) is 0 Å². The highest BCUT2D eigenvalue weighted by Gasteiger charge is 2.15. The first kappa shape index (κ1) is 10.4. The van der Waals surface area contributed by atoms with Gasteiger partial charge in [0.05, 0.1) is 13.2 Å². The third kappa shape index (κ3) is 3.81. The van der Waals surface area contributed by atoms with Crippen LogP contribution < -0.4 is 0 Å². The molecule has 72 valence electrons. The molecule has 1 aliphatic heterocycles. The molecule has 1 rings (SSSR count). The van der Waals surface area contributed by atoms with E-state index < -0.39 is 0 Å². The van der Waals surface area contributed by atoms with Crippen LogP contribution in [0.1, 0.15) is 12.8 Å². The summed E-state index contributed by atoms with van der Waals surface area (Å²) in [5, 5.41) is 8.67. The molecule has 0 aliphatic carbocycles. The van der Waals surface area contributed by atoms with Gasteiger partial charge in [0.25, 0.3) is 0 Å². The Kier molecular flexibility index (Phi) is 5.08. The van der Waals surface area contributed by atoms with Crippen LogP contribution in [0, 0.1) is 5.92 Å². The van der Waals surface area contributed by atoms with Gasteiger partial charge in [0, 0.05) is 19.7 Å². The molecule has 1 N–H and O–H groups in total. The van der Waals surface area contributed by atoms with Crippen LogP contribution in [-0.2, 0) is 4.74 Å². The maximum absolute atomic E-state index is 8.67. The van der Waals surface area contributed by atoms with Crippen molar-refractivity contribution in [1.29, 1.82) is 0 Å². The lowest BCUT2D eigenvalue weighted by Gasteiger charge is -2.17. The van der Waals surface area contributed by atoms with Gasteiger partial charge in [-0.1, -0.05) is 9.39 Å². The van der Waals surface area contributed by atoms with E-state index in [0.29, 0.717) is 12.5 Å². The molecule has 1 heterocycles. The van der Waals surface area contributed by atoms with Gasteiger partial charge in [0.15, 0.2) is 0 Å². The molecule has 1 aliphatic rings. The minimum Gasteiger partial charge on any atom is -0.396 e. The molecule has 12 heavy (non-hydrogen) atoms. The Morgan fingerprint density at radius 2 is 2.42 bits per heavy atom. The maximum Gasteiger partial charge on any atom is 0.0596 e. The van der Waals surface area contributed by atoms with Crippen LogP contribution in [0.15, 0.2) is 0 Å². The monoisotopic (exact) mass is 191 g/mol. The Balaban J connectivity index is 2.21. The molecular formula is C8H18NO2P. The van der Waals surface area contributed by atoms with Crippen LogP contribution in [0.25, 0.3) is 0 Å². The molecule has 0 aromatic heterocycles. The summed E-state index contributed by atoms with van der Waals surface area (Å²) in [5.41, 5.74) is 0. The molecule has 0 saturated carbocycles. The SMILES string of the molecule is OCCCC1COCCN(P)C1. The Bertz CT molecular complexity index is 124. The molecule has 2 unspecified atom stereocenters. The zero-order valence-electron chi connectivity index (χ0n) is 7.41. The molecule has 0 aromatic carbocycles. The van der Waals surface area contributed by atoms with Gasteiger partial charge in [-0.2, -0.15) is 0 Å². The fourth-order valence-electron chi connectivity index (χ4n) is 1.46. The van der Waals surface area contributed by atoms with E-state index in [0.717, 1.165) is 39.1 Å². The largest absolute Gasteiger partial charge is 0.396 e. The number of aliphatic hydroxyl groups is 1. The number of hydrogen-bond donors (Lipinski definition) is 1. The number of ether oxygens (including phenoxy) is 1. The summed E-state index contributed by atoms with van der Waals surface area (Å²) in [5.74, 6) is 0.595. The molecular weight excluding hydrogens is 173 g/mol. The Morgan fingerprint density at radius 1 is 1.58 bits per heavy atom. The number of hydrogen-bond acceptors (Lipinski definition) is 3. The Labute approximate surface area is 76.3 Å². The fraction of sp³-hybridized carbons (Fsp3) is 1.00. The molecule has 0 aromatic rings. The van der Waals surface area contributed by atoms with E-state index in [1.165, 1.54) is 0 Å². The molecule has 1 saturated heterocycles. The second-order valence-corrected chi connectivity index (χ2v) is 4.03. The van der Waals surface area contributed by atoms with Gasteiger partial charge in [-0.05, 0) is 18.8 Å². The van der Waals surface area contributed by atoms with Crippen LogP contribution in [0.5, 0.6) is 0 Å². The normalized spacial score (nSPS) is 27.0. The summed E-state index contributed by atoms with van der Waals surface area (Å²) in [6.45, 7) is 4.06. The Hall–Kier alpha value is 0.310. The molecule has 0 amide bonds. The maximum atomic E-state index is 8.67. The zero-order valence-corrected chi connectivity index (χ0v) is 8.56. The van der Waals surface area contributed by atoms with E-state index in [1.54, 1.807) is 0 Å². The minimum absolute atomic E-state index is 0.299. The molecule has 4 heteroatoms. The van der Waals surface area contributed by atoms with E-state index in [1.807, 2.05) is 0 Å². The van der Waals surface area contributed by atoms with Crippen molar-refractivity contribution in [3.8, 4) is 0 Å². The van der Waals surface area contributed by atoms with Gasteiger partial charge in [-0.25, -0.2) is 0 Å². The second kappa shape index (κ2) is 5.87. The smallest absolute Gasteiger partial charge is 0.0596 e. The van der Waals surface area contributed by atoms with Gasteiger partial charge >= 0.3 is 0 Å². The summed E-state index contributed by atoms with van der Waals surface area (Å²) in [7, 11) is 2.72. The van der Waals surface area contributed by atoms with Crippen LogP contribution in [0.3, 0.4) is 0 Å². The van der Waals surface area contributed by atoms with Crippen molar-refractivity contribution in [2.45, 2.75) is 12.8 Å². The molecule has 0 radical (unpaired) electrons. The quantitative estimate of drug-likeness (QED) is 0.659. The lowest BCUT2D eigenvalue weighted by atomic mass is 10.1. The first-order valence-electron chi connectivity index (χ1n) is 4.51. The number of nitrogens with zero attached hydrogens (tertiary/aromatic N) is 1. The second-order valence-electron chi connectivity index (χ2n) is 3.30. The van der Waals surface area contributed by atoms with E-state index in [2.05, 4.69) is 14.1 Å². The average molecular weight is 191 g/mol. The van der Waals surface area contributed by atoms with Gasteiger partial charge in [-0.3, -0.25) is 4.67 Å².